The Morgan fingerprint density at radius 1 is 1.03 bits per heavy atom. The van der Waals surface area contributed by atoms with Crippen molar-refractivity contribution in [1.29, 1.82) is 0 Å². The number of thiocarbonyl (C=S) groups is 1. The highest BCUT2D eigenvalue weighted by molar-refractivity contribution is 7.89. The number of carbonyl (C=O) groups excluding carboxylic acids is 1. The van der Waals surface area contributed by atoms with E-state index in [1.807, 2.05) is 4.90 Å². The SMILES string of the molecule is CCOC(=O)c1ccc(NC(=S)N2CCN(S(=O)(=O)c3ccccc3)CC2)cc1. The van der Waals surface area contributed by atoms with Crippen LogP contribution in [-0.4, -0.2) is 61.5 Å². The highest BCUT2D eigenvalue weighted by Gasteiger charge is 2.29. The fraction of sp³-hybridized carbons (Fsp3) is 0.300. The molecule has 2 aromatic rings. The molecule has 0 bridgehead atoms. The topological polar surface area (TPSA) is 79.0 Å². The Balaban J connectivity index is 1.56. The first-order chi connectivity index (χ1) is 13.9. The third-order valence-electron chi connectivity index (χ3n) is 4.55. The number of anilines is 1. The van der Waals surface area contributed by atoms with Gasteiger partial charge in [-0.05, 0) is 55.5 Å². The largest absolute Gasteiger partial charge is 0.462 e. The molecule has 0 unspecified atom stereocenters. The van der Waals surface area contributed by atoms with Crippen molar-refractivity contribution < 1.29 is 17.9 Å². The molecule has 0 amide bonds. The van der Waals surface area contributed by atoms with E-state index in [2.05, 4.69) is 5.32 Å². The Hall–Kier alpha value is -2.49. The molecule has 0 saturated carbocycles. The van der Waals surface area contributed by atoms with Gasteiger partial charge in [-0.15, -0.1) is 0 Å². The van der Waals surface area contributed by atoms with Gasteiger partial charge >= 0.3 is 5.97 Å². The van der Waals surface area contributed by atoms with Crippen LogP contribution in [0.25, 0.3) is 0 Å². The molecule has 0 aliphatic carbocycles. The summed E-state index contributed by atoms with van der Waals surface area (Å²) >= 11 is 5.46. The number of sulfonamides is 1. The van der Waals surface area contributed by atoms with E-state index < -0.39 is 10.0 Å². The predicted molar refractivity (Wildman–Crippen MR) is 115 cm³/mol. The van der Waals surface area contributed by atoms with E-state index in [0.717, 1.165) is 5.69 Å². The zero-order chi connectivity index (χ0) is 20.9. The number of rotatable bonds is 5. The molecule has 29 heavy (non-hydrogen) atoms. The number of piperazine rings is 1. The minimum Gasteiger partial charge on any atom is -0.462 e. The number of carbonyl (C=O) groups is 1. The molecule has 1 N–H and O–H groups in total. The molecule has 1 fully saturated rings. The maximum atomic E-state index is 12.7. The Kier molecular flexibility index (Phi) is 6.83. The molecule has 1 heterocycles. The minimum atomic E-state index is -3.49. The summed E-state index contributed by atoms with van der Waals surface area (Å²) in [5.41, 5.74) is 1.23. The number of hydrogen-bond donors (Lipinski definition) is 1. The summed E-state index contributed by atoms with van der Waals surface area (Å²) in [6.07, 6.45) is 0. The molecule has 7 nitrogen and oxygen atoms in total. The molecule has 0 spiro atoms. The normalized spacial score (nSPS) is 15.0. The van der Waals surface area contributed by atoms with Gasteiger partial charge in [0.2, 0.25) is 10.0 Å². The molecule has 0 atom stereocenters. The summed E-state index contributed by atoms with van der Waals surface area (Å²) in [4.78, 5) is 13.9. The molecule has 1 aliphatic rings. The smallest absolute Gasteiger partial charge is 0.338 e. The van der Waals surface area contributed by atoms with Crippen molar-refractivity contribution in [1.82, 2.24) is 9.21 Å². The lowest BCUT2D eigenvalue weighted by molar-refractivity contribution is 0.0526. The lowest BCUT2D eigenvalue weighted by Crippen LogP contribution is -2.51. The average molecular weight is 434 g/mol. The molecular formula is C20H23N3O4S2. The molecule has 154 valence electrons. The van der Waals surface area contributed by atoms with Crippen LogP contribution in [0.3, 0.4) is 0 Å². The molecule has 3 rings (SSSR count). The van der Waals surface area contributed by atoms with Crippen molar-refractivity contribution in [3.63, 3.8) is 0 Å². The average Bonchev–Trinajstić information content (AvgIpc) is 2.75. The summed E-state index contributed by atoms with van der Waals surface area (Å²) in [7, 11) is -3.49. The Morgan fingerprint density at radius 3 is 2.24 bits per heavy atom. The first-order valence-corrected chi connectivity index (χ1v) is 11.1. The van der Waals surface area contributed by atoms with Gasteiger partial charge in [-0.25, -0.2) is 13.2 Å². The van der Waals surface area contributed by atoms with E-state index in [1.54, 1.807) is 61.5 Å². The fourth-order valence-corrected chi connectivity index (χ4v) is 4.72. The highest BCUT2D eigenvalue weighted by atomic mass is 32.2. The lowest BCUT2D eigenvalue weighted by Gasteiger charge is -2.35. The van der Waals surface area contributed by atoms with E-state index in [4.69, 9.17) is 17.0 Å². The summed E-state index contributed by atoms with van der Waals surface area (Å²) in [6.45, 7) is 3.81. The lowest BCUT2D eigenvalue weighted by atomic mass is 10.2. The standard InChI is InChI=1S/C20H23N3O4S2/c1-2-27-19(24)16-8-10-17(11-9-16)21-20(28)22-12-14-23(15-13-22)29(25,26)18-6-4-3-5-7-18/h3-11H,2,12-15H2,1H3,(H,21,28). The van der Waals surface area contributed by atoms with Crippen LogP contribution < -0.4 is 5.32 Å². The van der Waals surface area contributed by atoms with Gasteiger partial charge in [0.25, 0.3) is 0 Å². The first kappa shape index (κ1) is 21.2. The number of nitrogens with one attached hydrogen (secondary N) is 1. The summed E-state index contributed by atoms with van der Waals surface area (Å²) < 4.78 is 31.9. The second-order valence-corrected chi connectivity index (χ2v) is 8.76. The van der Waals surface area contributed by atoms with E-state index in [0.29, 0.717) is 48.4 Å². The monoisotopic (exact) mass is 433 g/mol. The number of benzene rings is 2. The Morgan fingerprint density at radius 2 is 1.66 bits per heavy atom. The van der Waals surface area contributed by atoms with Crippen molar-refractivity contribution in [2.24, 2.45) is 0 Å². The van der Waals surface area contributed by atoms with Gasteiger partial charge in [-0.1, -0.05) is 18.2 Å². The fourth-order valence-electron chi connectivity index (χ4n) is 2.98. The zero-order valence-corrected chi connectivity index (χ0v) is 17.7. The maximum absolute atomic E-state index is 12.7. The zero-order valence-electron chi connectivity index (χ0n) is 16.1. The Labute approximate surface area is 176 Å². The molecule has 2 aromatic carbocycles. The molecule has 9 heteroatoms. The van der Waals surface area contributed by atoms with E-state index in [9.17, 15) is 13.2 Å². The maximum Gasteiger partial charge on any atom is 0.338 e. The number of hydrogen-bond acceptors (Lipinski definition) is 5. The van der Waals surface area contributed by atoms with Crippen LogP contribution in [0.2, 0.25) is 0 Å². The third-order valence-corrected chi connectivity index (χ3v) is 6.83. The van der Waals surface area contributed by atoms with Crippen LogP contribution in [0, 0.1) is 0 Å². The van der Waals surface area contributed by atoms with Crippen LogP contribution in [0.5, 0.6) is 0 Å². The van der Waals surface area contributed by atoms with Gasteiger partial charge in [-0.2, -0.15) is 4.31 Å². The van der Waals surface area contributed by atoms with Gasteiger partial charge in [0.1, 0.15) is 0 Å². The molecule has 0 radical (unpaired) electrons. The molecule has 0 aromatic heterocycles. The summed E-state index contributed by atoms with van der Waals surface area (Å²) in [6, 6.07) is 15.3. The molecule has 1 aliphatic heterocycles. The van der Waals surface area contributed by atoms with Gasteiger partial charge < -0.3 is 15.0 Å². The van der Waals surface area contributed by atoms with E-state index in [-0.39, 0.29) is 5.97 Å². The van der Waals surface area contributed by atoms with Crippen LogP contribution in [0.15, 0.2) is 59.5 Å². The van der Waals surface area contributed by atoms with Crippen LogP contribution in [0.4, 0.5) is 5.69 Å². The van der Waals surface area contributed by atoms with Gasteiger partial charge in [0, 0.05) is 31.9 Å². The van der Waals surface area contributed by atoms with Gasteiger partial charge in [-0.3, -0.25) is 0 Å². The van der Waals surface area contributed by atoms with Crippen molar-refractivity contribution in [3.8, 4) is 0 Å². The van der Waals surface area contributed by atoms with Crippen molar-refractivity contribution >= 4 is 39.0 Å². The first-order valence-electron chi connectivity index (χ1n) is 9.30. The molecule has 1 saturated heterocycles. The van der Waals surface area contributed by atoms with Gasteiger partial charge in [0.05, 0.1) is 17.1 Å². The summed E-state index contributed by atoms with van der Waals surface area (Å²) in [5.74, 6) is -0.364. The number of esters is 1. The quantitative estimate of drug-likeness (QED) is 0.573. The van der Waals surface area contributed by atoms with Crippen molar-refractivity contribution in [2.45, 2.75) is 11.8 Å². The van der Waals surface area contributed by atoms with Crippen LogP contribution in [-0.2, 0) is 14.8 Å². The number of ether oxygens (including phenoxy) is 1. The second-order valence-electron chi connectivity index (χ2n) is 6.43. The van der Waals surface area contributed by atoms with Crippen LogP contribution in [0.1, 0.15) is 17.3 Å². The minimum absolute atomic E-state index is 0.302. The Bertz CT molecular complexity index is 955. The van der Waals surface area contributed by atoms with E-state index >= 15 is 0 Å². The van der Waals surface area contributed by atoms with Crippen LogP contribution >= 0.6 is 12.2 Å². The number of nitrogens with zero attached hydrogens (tertiary/aromatic N) is 2. The van der Waals surface area contributed by atoms with Gasteiger partial charge in [0.15, 0.2) is 5.11 Å². The second kappa shape index (κ2) is 9.34. The highest BCUT2D eigenvalue weighted by Crippen LogP contribution is 2.18. The van der Waals surface area contributed by atoms with E-state index in [1.165, 1.54) is 4.31 Å². The summed E-state index contributed by atoms with van der Waals surface area (Å²) in [5, 5.41) is 3.65. The van der Waals surface area contributed by atoms with Crippen molar-refractivity contribution in [2.75, 3.05) is 38.1 Å². The van der Waals surface area contributed by atoms with Crippen molar-refractivity contribution in [3.05, 3.63) is 60.2 Å². The predicted octanol–water partition coefficient (Wildman–Crippen LogP) is 2.57. The third kappa shape index (κ3) is 5.11. The molecular weight excluding hydrogens is 410 g/mol.